The first-order valence-corrected chi connectivity index (χ1v) is 8.26. The standard InChI is InChI=1S/C9H15N3O4S2/c10-8-2-4-9(5-3-8)18(15,16)12-6-1-7-17(11,13)14/h2-5,12H,1,6-7,10H2,(H2,11,13,14). The van der Waals surface area contributed by atoms with Gasteiger partial charge >= 0.3 is 0 Å². The molecule has 102 valence electrons. The van der Waals surface area contributed by atoms with Gasteiger partial charge in [-0.15, -0.1) is 0 Å². The summed E-state index contributed by atoms with van der Waals surface area (Å²) in [5.74, 6) is -0.267. The number of nitrogens with one attached hydrogen (secondary N) is 1. The van der Waals surface area contributed by atoms with Crippen LogP contribution in [0.5, 0.6) is 0 Å². The van der Waals surface area contributed by atoms with E-state index in [1.807, 2.05) is 0 Å². The molecular formula is C9H15N3O4S2. The third-order valence-electron chi connectivity index (χ3n) is 2.09. The van der Waals surface area contributed by atoms with Gasteiger partial charge in [-0.3, -0.25) is 0 Å². The van der Waals surface area contributed by atoms with E-state index in [-0.39, 0.29) is 23.6 Å². The summed E-state index contributed by atoms with van der Waals surface area (Å²) in [6.45, 7) is 0.00311. The van der Waals surface area contributed by atoms with Crippen molar-refractivity contribution < 1.29 is 16.8 Å². The van der Waals surface area contributed by atoms with Gasteiger partial charge in [0.25, 0.3) is 0 Å². The van der Waals surface area contributed by atoms with Gasteiger partial charge in [0, 0.05) is 12.2 Å². The van der Waals surface area contributed by atoms with E-state index in [0.717, 1.165) is 0 Å². The van der Waals surface area contributed by atoms with Crippen molar-refractivity contribution >= 4 is 25.7 Å². The molecule has 1 aromatic rings. The highest BCUT2D eigenvalue weighted by Gasteiger charge is 2.13. The second kappa shape index (κ2) is 5.65. The van der Waals surface area contributed by atoms with Crippen molar-refractivity contribution in [1.29, 1.82) is 0 Å². The second-order valence-corrected chi connectivity index (χ2v) is 7.19. The van der Waals surface area contributed by atoms with Crippen molar-refractivity contribution in [2.75, 3.05) is 18.0 Å². The predicted molar refractivity (Wildman–Crippen MR) is 68.6 cm³/mol. The smallest absolute Gasteiger partial charge is 0.240 e. The van der Waals surface area contributed by atoms with Gasteiger partial charge in [-0.05, 0) is 30.7 Å². The molecule has 0 radical (unpaired) electrons. The molecule has 0 aliphatic carbocycles. The van der Waals surface area contributed by atoms with Crippen LogP contribution in [0.3, 0.4) is 0 Å². The molecule has 0 heterocycles. The highest BCUT2D eigenvalue weighted by molar-refractivity contribution is 7.89. The van der Waals surface area contributed by atoms with E-state index < -0.39 is 20.0 Å². The summed E-state index contributed by atoms with van der Waals surface area (Å²) in [4.78, 5) is 0.0762. The van der Waals surface area contributed by atoms with Crippen molar-refractivity contribution in [3.05, 3.63) is 24.3 Å². The monoisotopic (exact) mass is 293 g/mol. The molecular weight excluding hydrogens is 278 g/mol. The lowest BCUT2D eigenvalue weighted by molar-refractivity contribution is 0.576. The number of nitrogen functional groups attached to an aromatic ring is 1. The lowest BCUT2D eigenvalue weighted by Gasteiger charge is -2.06. The summed E-state index contributed by atoms with van der Waals surface area (Å²) in [6, 6.07) is 5.69. The van der Waals surface area contributed by atoms with Crippen molar-refractivity contribution in [2.24, 2.45) is 5.14 Å². The quantitative estimate of drug-likeness (QED) is 0.468. The largest absolute Gasteiger partial charge is 0.399 e. The normalized spacial score (nSPS) is 12.5. The van der Waals surface area contributed by atoms with Crippen LogP contribution in [0.4, 0.5) is 5.69 Å². The molecule has 0 bridgehead atoms. The summed E-state index contributed by atoms with van der Waals surface area (Å²) in [5, 5.41) is 4.79. The van der Waals surface area contributed by atoms with Crippen LogP contribution in [-0.2, 0) is 20.0 Å². The minimum Gasteiger partial charge on any atom is -0.399 e. The number of anilines is 1. The van der Waals surface area contributed by atoms with Crippen LogP contribution in [0.1, 0.15) is 6.42 Å². The van der Waals surface area contributed by atoms with Gasteiger partial charge < -0.3 is 5.73 Å². The highest BCUT2D eigenvalue weighted by atomic mass is 32.2. The van der Waals surface area contributed by atoms with Gasteiger partial charge in [-0.1, -0.05) is 0 Å². The van der Waals surface area contributed by atoms with E-state index in [1.54, 1.807) is 0 Å². The van der Waals surface area contributed by atoms with Gasteiger partial charge in [0.05, 0.1) is 10.6 Å². The van der Waals surface area contributed by atoms with Gasteiger partial charge in [0.15, 0.2) is 0 Å². The van der Waals surface area contributed by atoms with E-state index in [9.17, 15) is 16.8 Å². The molecule has 1 rings (SSSR count). The molecule has 7 nitrogen and oxygen atoms in total. The van der Waals surface area contributed by atoms with Gasteiger partial charge in [-0.25, -0.2) is 26.7 Å². The minimum absolute atomic E-state index is 0.00311. The van der Waals surface area contributed by atoms with Gasteiger partial charge in [0.2, 0.25) is 20.0 Å². The summed E-state index contributed by atoms with van der Waals surface area (Å²) in [6.07, 6.45) is 0.118. The first kappa shape index (κ1) is 14.9. The number of rotatable bonds is 6. The maximum Gasteiger partial charge on any atom is 0.240 e. The van der Waals surface area contributed by atoms with Crippen LogP contribution < -0.4 is 15.6 Å². The third-order valence-corrected chi connectivity index (χ3v) is 4.42. The molecule has 0 aliphatic heterocycles. The SMILES string of the molecule is Nc1ccc(S(=O)(=O)NCCCS(N)(=O)=O)cc1. The van der Waals surface area contributed by atoms with Gasteiger partial charge in [-0.2, -0.15) is 0 Å². The number of sulfonamides is 2. The first-order chi connectivity index (χ1) is 8.21. The summed E-state index contributed by atoms with van der Waals surface area (Å²) < 4.78 is 47.0. The minimum atomic E-state index is -3.64. The predicted octanol–water partition coefficient (Wildman–Crippen LogP) is -0.774. The Morgan fingerprint density at radius 2 is 1.61 bits per heavy atom. The Morgan fingerprint density at radius 3 is 2.11 bits per heavy atom. The second-order valence-electron chi connectivity index (χ2n) is 3.69. The number of nitrogens with two attached hydrogens (primary N) is 2. The Balaban J connectivity index is 2.58. The summed E-state index contributed by atoms with van der Waals surface area (Å²) in [5.41, 5.74) is 5.90. The molecule has 0 atom stereocenters. The zero-order valence-corrected chi connectivity index (χ0v) is 11.2. The average molecular weight is 293 g/mol. The fourth-order valence-electron chi connectivity index (χ4n) is 1.21. The van der Waals surface area contributed by atoms with Crippen molar-refractivity contribution in [3.8, 4) is 0 Å². The maximum absolute atomic E-state index is 11.7. The Labute approximate surface area is 106 Å². The van der Waals surface area contributed by atoms with Crippen molar-refractivity contribution in [1.82, 2.24) is 4.72 Å². The van der Waals surface area contributed by atoms with Crippen LogP contribution in [0.25, 0.3) is 0 Å². The van der Waals surface area contributed by atoms with Gasteiger partial charge in [0.1, 0.15) is 0 Å². The Bertz CT molecular complexity index is 593. The molecule has 0 unspecified atom stereocenters. The fourth-order valence-corrected chi connectivity index (χ4v) is 2.83. The van der Waals surface area contributed by atoms with Crippen molar-refractivity contribution in [3.63, 3.8) is 0 Å². The number of hydrogen-bond acceptors (Lipinski definition) is 5. The molecule has 0 fully saturated rings. The van der Waals surface area contributed by atoms with Crippen molar-refractivity contribution in [2.45, 2.75) is 11.3 Å². The molecule has 0 amide bonds. The van der Waals surface area contributed by atoms with Crippen LogP contribution >= 0.6 is 0 Å². The molecule has 5 N–H and O–H groups in total. The molecule has 9 heteroatoms. The molecule has 1 aromatic carbocycles. The number of benzene rings is 1. The summed E-state index contributed by atoms with van der Waals surface area (Å²) >= 11 is 0. The Kier molecular flexibility index (Phi) is 4.68. The fraction of sp³-hybridized carbons (Fsp3) is 0.333. The number of hydrogen-bond donors (Lipinski definition) is 3. The highest BCUT2D eigenvalue weighted by Crippen LogP contribution is 2.11. The average Bonchev–Trinajstić information content (AvgIpc) is 2.24. The topological polar surface area (TPSA) is 132 Å². The Morgan fingerprint density at radius 1 is 1.06 bits per heavy atom. The van der Waals surface area contributed by atoms with E-state index in [4.69, 9.17) is 10.9 Å². The van der Waals surface area contributed by atoms with E-state index in [2.05, 4.69) is 4.72 Å². The number of primary sulfonamides is 1. The molecule has 0 saturated heterocycles. The maximum atomic E-state index is 11.7. The zero-order chi connectivity index (χ0) is 13.8. The molecule has 0 spiro atoms. The molecule has 0 saturated carbocycles. The van der Waals surface area contributed by atoms with Crippen LogP contribution in [0.15, 0.2) is 29.2 Å². The molecule has 0 aliphatic rings. The van der Waals surface area contributed by atoms with Crippen LogP contribution in [0, 0.1) is 0 Å². The lowest BCUT2D eigenvalue weighted by atomic mass is 10.3. The van der Waals surface area contributed by atoms with E-state index >= 15 is 0 Å². The third kappa shape index (κ3) is 5.00. The van der Waals surface area contributed by atoms with Crippen LogP contribution in [-0.4, -0.2) is 29.1 Å². The first-order valence-electron chi connectivity index (χ1n) is 5.06. The van der Waals surface area contributed by atoms with E-state index in [1.165, 1.54) is 24.3 Å². The molecule has 18 heavy (non-hydrogen) atoms. The Hall–Kier alpha value is -1.16. The lowest BCUT2D eigenvalue weighted by Crippen LogP contribution is -2.27. The zero-order valence-electron chi connectivity index (χ0n) is 9.53. The molecule has 0 aromatic heterocycles. The van der Waals surface area contributed by atoms with E-state index in [0.29, 0.717) is 5.69 Å². The van der Waals surface area contributed by atoms with Crippen LogP contribution in [0.2, 0.25) is 0 Å². The summed E-state index contributed by atoms with van der Waals surface area (Å²) in [7, 11) is -7.20.